The third kappa shape index (κ3) is 6.74. The van der Waals surface area contributed by atoms with Gasteiger partial charge in [-0.2, -0.15) is 0 Å². The van der Waals surface area contributed by atoms with E-state index in [1.54, 1.807) is 31.4 Å². The maximum atomic E-state index is 12.0. The Morgan fingerprint density at radius 1 is 1.00 bits per heavy atom. The Labute approximate surface area is 153 Å². The van der Waals surface area contributed by atoms with Gasteiger partial charge in [0.25, 0.3) is 5.91 Å². The molecular formula is C19H27N3O4. The first-order chi connectivity index (χ1) is 12.6. The minimum absolute atomic E-state index is 0.0422. The van der Waals surface area contributed by atoms with E-state index in [2.05, 4.69) is 16.0 Å². The monoisotopic (exact) mass is 361 g/mol. The van der Waals surface area contributed by atoms with Crippen LogP contribution >= 0.6 is 0 Å². The Morgan fingerprint density at radius 3 is 2.35 bits per heavy atom. The molecule has 1 saturated carbocycles. The molecule has 1 aliphatic rings. The fraction of sp³-hybridized carbons (Fsp3) is 0.526. The summed E-state index contributed by atoms with van der Waals surface area (Å²) in [7, 11) is 1.55. The highest BCUT2D eigenvalue weighted by molar-refractivity contribution is 5.96. The van der Waals surface area contributed by atoms with Gasteiger partial charge in [0.05, 0.1) is 13.7 Å². The summed E-state index contributed by atoms with van der Waals surface area (Å²) >= 11 is 0. The van der Waals surface area contributed by atoms with Crippen molar-refractivity contribution in [3.63, 3.8) is 0 Å². The third-order valence-electron chi connectivity index (χ3n) is 4.41. The average molecular weight is 361 g/mol. The molecule has 26 heavy (non-hydrogen) atoms. The van der Waals surface area contributed by atoms with Gasteiger partial charge in [-0.25, -0.2) is 0 Å². The standard InChI is InChI=1S/C19H27N3O4/c1-26-16-9-7-14(8-10-16)19(25)21-13-18(24)20-12-11-17(23)22-15-5-3-2-4-6-15/h7-10,15H,2-6,11-13H2,1H3,(H,20,24)(H,21,25)(H,22,23). The number of carbonyl (C=O) groups excluding carboxylic acids is 3. The van der Waals surface area contributed by atoms with E-state index in [9.17, 15) is 14.4 Å². The predicted octanol–water partition coefficient (Wildman–Crippen LogP) is 1.38. The van der Waals surface area contributed by atoms with Gasteiger partial charge in [-0.05, 0) is 37.1 Å². The molecule has 0 saturated heterocycles. The van der Waals surface area contributed by atoms with Gasteiger partial charge in [-0.3, -0.25) is 14.4 Å². The molecule has 142 valence electrons. The molecule has 0 atom stereocenters. The van der Waals surface area contributed by atoms with Gasteiger partial charge < -0.3 is 20.7 Å². The molecule has 0 spiro atoms. The second-order valence-corrected chi connectivity index (χ2v) is 6.41. The fourth-order valence-electron chi connectivity index (χ4n) is 2.93. The summed E-state index contributed by atoms with van der Waals surface area (Å²) in [6, 6.07) is 6.89. The highest BCUT2D eigenvalue weighted by Crippen LogP contribution is 2.17. The maximum absolute atomic E-state index is 12.0. The van der Waals surface area contributed by atoms with E-state index in [4.69, 9.17) is 4.74 Å². The van der Waals surface area contributed by atoms with Gasteiger partial charge in [0.2, 0.25) is 11.8 Å². The van der Waals surface area contributed by atoms with Crippen LogP contribution in [0.3, 0.4) is 0 Å². The Hall–Kier alpha value is -2.57. The number of hydrogen-bond acceptors (Lipinski definition) is 4. The second kappa shape index (κ2) is 10.4. The second-order valence-electron chi connectivity index (χ2n) is 6.41. The van der Waals surface area contributed by atoms with E-state index >= 15 is 0 Å². The minimum Gasteiger partial charge on any atom is -0.497 e. The Bertz CT molecular complexity index is 610. The van der Waals surface area contributed by atoms with Crippen LogP contribution in [-0.2, 0) is 9.59 Å². The zero-order valence-corrected chi connectivity index (χ0v) is 15.2. The summed E-state index contributed by atoms with van der Waals surface area (Å²) < 4.78 is 5.03. The summed E-state index contributed by atoms with van der Waals surface area (Å²) in [5.74, 6) is -0.0413. The summed E-state index contributed by atoms with van der Waals surface area (Å²) in [6.45, 7) is 0.130. The molecule has 1 fully saturated rings. The molecule has 0 bridgehead atoms. The quantitative estimate of drug-likeness (QED) is 0.652. The van der Waals surface area contributed by atoms with E-state index < -0.39 is 0 Å². The van der Waals surface area contributed by atoms with E-state index in [1.165, 1.54) is 6.42 Å². The lowest BCUT2D eigenvalue weighted by Crippen LogP contribution is -2.40. The maximum Gasteiger partial charge on any atom is 0.251 e. The number of benzene rings is 1. The zero-order chi connectivity index (χ0) is 18.8. The molecule has 0 aromatic heterocycles. The van der Waals surface area contributed by atoms with Crippen molar-refractivity contribution in [2.45, 2.75) is 44.6 Å². The number of hydrogen-bond donors (Lipinski definition) is 3. The van der Waals surface area contributed by atoms with Crippen molar-refractivity contribution < 1.29 is 19.1 Å². The normalized spacial score (nSPS) is 14.3. The van der Waals surface area contributed by atoms with Crippen LogP contribution < -0.4 is 20.7 Å². The van der Waals surface area contributed by atoms with E-state index in [0.29, 0.717) is 11.3 Å². The molecule has 1 aliphatic carbocycles. The van der Waals surface area contributed by atoms with Crippen LogP contribution in [0.5, 0.6) is 5.75 Å². The van der Waals surface area contributed by atoms with Gasteiger partial charge in [-0.1, -0.05) is 19.3 Å². The molecule has 3 N–H and O–H groups in total. The highest BCUT2D eigenvalue weighted by Gasteiger charge is 2.15. The molecule has 7 nitrogen and oxygen atoms in total. The lowest BCUT2D eigenvalue weighted by molar-refractivity contribution is -0.122. The number of amides is 3. The van der Waals surface area contributed by atoms with Crippen molar-refractivity contribution in [1.29, 1.82) is 0 Å². The third-order valence-corrected chi connectivity index (χ3v) is 4.41. The Kier molecular flexibility index (Phi) is 7.92. The van der Waals surface area contributed by atoms with Crippen molar-refractivity contribution in [3.05, 3.63) is 29.8 Å². The summed E-state index contributed by atoms with van der Waals surface area (Å²) in [5.41, 5.74) is 0.449. The highest BCUT2D eigenvalue weighted by atomic mass is 16.5. The molecule has 0 radical (unpaired) electrons. The van der Waals surface area contributed by atoms with Gasteiger partial charge in [0.15, 0.2) is 0 Å². The first-order valence-electron chi connectivity index (χ1n) is 9.07. The molecule has 3 amide bonds. The predicted molar refractivity (Wildman–Crippen MR) is 98.0 cm³/mol. The fourth-order valence-corrected chi connectivity index (χ4v) is 2.93. The number of nitrogens with one attached hydrogen (secondary N) is 3. The Morgan fingerprint density at radius 2 is 1.69 bits per heavy atom. The van der Waals surface area contributed by atoms with Gasteiger partial charge in [-0.15, -0.1) is 0 Å². The van der Waals surface area contributed by atoms with Gasteiger partial charge >= 0.3 is 0 Å². The molecule has 0 aliphatic heterocycles. The number of carbonyl (C=O) groups is 3. The molecule has 0 heterocycles. The lowest BCUT2D eigenvalue weighted by Gasteiger charge is -2.22. The van der Waals surface area contributed by atoms with Crippen LogP contribution in [0.1, 0.15) is 48.9 Å². The van der Waals surface area contributed by atoms with Crippen LogP contribution in [0.15, 0.2) is 24.3 Å². The first kappa shape index (κ1) is 19.8. The van der Waals surface area contributed by atoms with Gasteiger partial charge in [0, 0.05) is 24.6 Å². The Balaban J connectivity index is 1.60. The number of rotatable bonds is 8. The van der Waals surface area contributed by atoms with Crippen LogP contribution in [0.4, 0.5) is 0 Å². The SMILES string of the molecule is COc1ccc(C(=O)NCC(=O)NCCC(=O)NC2CCCCC2)cc1. The van der Waals surface area contributed by atoms with Crippen molar-refractivity contribution in [2.24, 2.45) is 0 Å². The van der Waals surface area contributed by atoms with E-state index in [0.717, 1.165) is 25.7 Å². The van der Waals surface area contributed by atoms with Crippen LogP contribution in [0.2, 0.25) is 0 Å². The molecule has 7 heteroatoms. The molecular weight excluding hydrogens is 334 g/mol. The van der Waals surface area contributed by atoms with E-state index in [-0.39, 0.29) is 43.3 Å². The molecule has 1 aromatic carbocycles. The van der Waals surface area contributed by atoms with Crippen LogP contribution in [0.25, 0.3) is 0 Å². The van der Waals surface area contributed by atoms with Gasteiger partial charge in [0.1, 0.15) is 5.75 Å². The molecule has 0 unspecified atom stereocenters. The van der Waals surface area contributed by atoms with Crippen LogP contribution in [0, 0.1) is 0 Å². The minimum atomic E-state index is -0.335. The largest absolute Gasteiger partial charge is 0.497 e. The number of ether oxygens (including phenoxy) is 1. The first-order valence-corrected chi connectivity index (χ1v) is 9.07. The average Bonchev–Trinajstić information content (AvgIpc) is 2.67. The number of methoxy groups -OCH3 is 1. The van der Waals surface area contributed by atoms with Crippen molar-refractivity contribution in [1.82, 2.24) is 16.0 Å². The van der Waals surface area contributed by atoms with Crippen molar-refractivity contribution >= 4 is 17.7 Å². The zero-order valence-electron chi connectivity index (χ0n) is 15.2. The lowest BCUT2D eigenvalue weighted by atomic mass is 9.95. The summed E-state index contributed by atoms with van der Waals surface area (Å²) in [4.78, 5) is 35.6. The van der Waals surface area contributed by atoms with Crippen molar-refractivity contribution in [3.8, 4) is 5.75 Å². The molecule has 2 rings (SSSR count). The molecule has 1 aromatic rings. The van der Waals surface area contributed by atoms with Crippen LogP contribution in [-0.4, -0.2) is 44.0 Å². The van der Waals surface area contributed by atoms with Crippen molar-refractivity contribution in [2.75, 3.05) is 20.2 Å². The smallest absolute Gasteiger partial charge is 0.251 e. The summed E-state index contributed by atoms with van der Waals surface area (Å²) in [5, 5.41) is 8.19. The topological polar surface area (TPSA) is 96.5 Å². The summed E-state index contributed by atoms with van der Waals surface area (Å²) in [6.07, 6.45) is 5.88. The van der Waals surface area contributed by atoms with E-state index in [1.807, 2.05) is 0 Å².